The Balaban J connectivity index is 1.31. The summed E-state index contributed by atoms with van der Waals surface area (Å²) < 4.78 is 162. The molecular weight excluding hydrogens is 775 g/mol. The van der Waals surface area contributed by atoms with Crippen molar-refractivity contribution >= 4 is 31.7 Å². The number of benzene rings is 3. The van der Waals surface area contributed by atoms with Gasteiger partial charge in [-0.2, -0.15) is 43.2 Å². The van der Waals surface area contributed by atoms with Crippen LogP contribution >= 0.6 is 0 Å². The lowest BCUT2D eigenvalue weighted by atomic mass is 10.0. The van der Waals surface area contributed by atoms with Gasteiger partial charge in [-0.1, -0.05) is 17.2 Å². The molecule has 0 spiro atoms. The number of oxime groups is 2. The molecule has 0 heterocycles. The molecule has 0 saturated heterocycles. The highest BCUT2D eigenvalue weighted by molar-refractivity contribution is 7.90. The number of nitrogens with zero attached hydrogens (tertiary/aromatic N) is 2. The maximum Gasteiger partial charge on any atom is 0.437 e. The lowest BCUT2D eigenvalue weighted by Crippen LogP contribution is -2.25. The molecule has 1 aliphatic carbocycles. The van der Waals surface area contributed by atoms with Gasteiger partial charge < -0.3 is 18.9 Å². The minimum Gasteiger partial charge on any atom is -0.501 e. The zero-order chi connectivity index (χ0) is 39.7. The smallest absolute Gasteiger partial charge is 0.437 e. The lowest BCUT2D eigenvalue weighted by Gasteiger charge is -2.19. The van der Waals surface area contributed by atoms with E-state index < -0.39 is 66.0 Å². The molecule has 3 aromatic rings. The Morgan fingerprint density at radius 2 is 1.09 bits per heavy atom. The summed E-state index contributed by atoms with van der Waals surface area (Å²) in [7, 11) is -6.58. The molecule has 20 heteroatoms. The van der Waals surface area contributed by atoms with Crippen molar-refractivity contribution < 1.29 is 70.7 Å². The number of halogens is 6. The largest absolute Gasteiger partial charge is 0.501 e. The summed E-state index contributed by atoms with van der Waals surface area (Å²) >= 11 is 0. The first-order chi connectivity index (χ1) is 25.3. The highest BCUT2D eigenvalue weighted by Crippen LogP contribution is 2.31. The Labute approximate surface area is 306 Å². The molecule has 0 amide bonds. The van der Waals surface area contributed by atoms with E-state index in [-0.39, 0.29) is 42.5 Å². The van der Waals surface area contributed by atoms with Gasteiger partial charge in [0.15, 0.2) is 11.4 Å². The minimum atomic E-state index is -5.08. The minimum absolute atomic E-state index is 0.0230. The molecule has 0 aliphatic heterocycles. The van der Waals surface area contributed by atoms with Crippen LogP contribution in [-0.2, 0) is 33.5 Å². The maximum atomic E-state index is 13.8. The summed E-state index contributed by atoms with van der Waals surface area (Å²) in [5.41, 5.74) is -4.20. The van der Waals surface area contributed by atoms with E-state index in [2.05, 4.69) is 18.9 Å². The van der Waals surface area contributed by atoms with E-state index in [1.54, 1.807) is 6.92 Å². The van der Waals surface area contributed by atoms with Gasteiger partial charge in [0.05, 0.1) is 38.1 Å². The SMILES string of the molecule is COC1=CC=C(S(=O)(=O)O/N=C(\c2ccc(OCCCOc3ccc(/C(=N\OS(=O)(=O)c4ccc(OC)cc4)C(F)(F)F)cc3)cc2)C(F)(F)F)C(C)C1. The average Bonchev–Trinajstić information content (AvgIpc) is 3.11. The van der Waals surface area contributed by atoms with Crippen molar-refractivity contribution in [1.29, 1.82) is 0 Å². The van der Waals surface area contributed by atoms with Gasteiger partial charge in [-0.15, -0.1) is 0 Å². The highest BCUT2D eigenvalue weighted by Gasteiger charge is 2.40. The van der Waals surface area contributed by atoms with Gasteiger partial charge in [-0.3, -0.25) is 8.57 Å². The predicted octanol–water partition coefficient (Wildman–Crippen LogP) is 7.28. The number of hydrogen-bond acceptors (Lipinski definition) is 12. The first kappa shape index (κ1) is 41.5. The number of rotatable bonds is 16. The molecule has 0 fully saturated rings. The van der Waals surface area contributed by atoms with Gasteiger partial charge in [0.25, 0.3) is 0 Å². The molecule has 0 N–H and O–H groups in total. The Hall–Kier alpha value is -5.24. The van der Waals surface area contributed by atoms with Crippen LogP contribution in [0.2, 0.25) is 0 Å². The van der Waals surface area contributed by atoms with E-state index >= 15 is 0 Å². The van der Waals surface area contributed by atoms with E-state index in [9.17, 15) is 43.2 Å². The zero-order valence-corrected chi connectivity index (χ0v) is 30.2. The van der Waals surface area contributed by atoms with E-state index in [0.29, 0.717) is 11.5 Å². The molecule has 0 radical (unpaired) electrons. The normalized spacial score (nSPS) is 15.8. The first-order valence-corrected chi connectivity index (χ1v) is 18.4. The summed E-state index contributed by atoms with van der Waals surface area (Å²) in [5, 5.41) is 5.84. The second-order valence-electron chi connectivity index (χ2n) is 11.2. The summed E-state index contributed by atoms with van der Waals surface area (Å²) in [5.74, 6) is 0.503. The Morgan fingerprint density at radius 3 is 1.50 bits per heavy atom. The topological polar surface area (TPSA) is 148 Å². The summed E-state index contributed by atoms with van der Waals surface area (Å²) in [6, 6.07) is 13.6. The van der Waals surface area contributed by atoms with E-state index in [4.69, 9.17) is 18.9 Å². The van der Waals surface area contributed by atoms with E-state index in [1.807, 2.05) is 0 Å². The van der Waals surface area contributed by atoms with Gasteiger partial charge in [0, 0.05) is 29.9 Å². The molecule has 0 saturated carbocycles. The van der Waals surface area contributed by atoms with Crippen LogP contribution in [0, 0.1) is 5.92 Å². The second-order valence-corrected chi connectivity index (χ2v) is 14.3. The van der Waals surface area contributed by atoms with Crippen LogP contribution < -0.4 is 14.2 Å². The number of allylic oxidation sites excluding steroid dienone is 4. The maximum absolute atomic E-state index is 13.8. The van der Waals surface area contributed by atoms with E-state index in [0.717, 1.165) is 36.4 Å². The molecule has 292 valence electrons. The van der Waals surface area contributed by atoms with Crippen LogP contribution in [-0.4, -0.2) is 68.0 Å². The van der Waals surface area contributed by atoms with Crippen molar-refractivity contribution in [3.05, 3.63) is 107 Å². The van der Waals surface area contributed by atoms with Gasteiger partial charge in [0.1, 0.15) is 22.1 Å². The quantitative estimate of drug-likeness (QED) is 0.0626. The molecular formula is C34H32F6N2O10S2. The predicted molar refractivity (Wildman–Crippen MR) is 182 cm³/mol. The number of alkyl halides is 6. The number of methoxy groups -OCH3 is 2. The third kappa shape index (κ3) is 11.1. The van der Waals surface area contributed by atoms with Gasteiger partial charge in [-0.25, -0.2) is 0 Å². The molecule has 1 atom stereocenters. The van der Waals surface area contributed by atoms with Crippen LogP contribution in [0.15, 0.2) is 111 Å². The van der Waals surface area contributed by atoms with Gasteiger partial charge in [0.2, 0.25) is 0 Å². The highest BCUT2D eigenvalue weighted by atomic mass is 32.2. The Bertz CT molecular complexity index is 2100. The molecule has 1 unspecified atom stereocenters. The molecule has 0 bridgehead atoms. The number of hydrogen-bond donors (Lipinski definition) is 0. The average molecular weight is 807 g/mol. The van der Waals surface area contributed by atoms with Crippen LogP contribution in [0.5, 0.6) is 17.2 Å². The standard InChI is InChI=1S/C34H32F6N2O10S2/c1-22-21-28(48-3)15-18-30(22)54(45,46)52-42-32(34(38,39)40)24-7-11-27(12-8-24)50-20-4-19-49-26-9-5-23(6-10-26)31(33(35,36)37)41-51-53(43,44)29-16-13-25(47-2)14-17-29/h5-18,22H,4,19-21H2,1-3H3/b41-31+,42-32+. The zero-order valence-electron chi connectivity index (χ0n) is 28.5. The first-order valence-electron chi connectivity index (χ1n) is 15.6. The fraction of sp³-hybridized carbons (Fsp3) is 0.294. The number of ether oxygens (including phenoxy) is 4. The molecule has 12 nitrogen and oxygen atoms in total. The van der Waals surface area contributed by atoms with Crippen molar-refractivity contribution in [3.63, 3.8) is 0 Å². The molecule has 3 aromatic carbocycles. The summed E-state index contributed by atoms with van der Waals surface area (Å²) in [4.78, 5) is -0.701. The lowest BCUT2D eigenvalue weighted by molar-refractivity contribution is -0.0606. The third-order valence-corrected chi connectivity index (χ3v) is 9.90. The Morgan fingerprint density at radius 1 is 0.648 bits per heavy atom. The van der Waals surface area contributed by atoms with Crippen molar-refractivity contribution in [2.75, 3.05) is 27.4 Å². The summed E-state index contributed by atoms with van der Waals surface area (Å²) in [6.07, 6.45) is -7.15. The second kappa shape index (κ2) is 17.3. The fourth-order valence-corrected chi connectivity index (χ4v) is 6.48. The fourth-order valence-electron chi connectivity index (χ4n) is 4.69. The summed E-state index contributed by atoms with van der Waals surface area (Å²) in [6.45, 7) is 1.59. The van der Waals surface area contributed by atoms with Crippen molar-refractivity contribution in [2.45, 2.75) is 37.0 Å². The Kier molecular flexibility index (Phi) is 13.3. The van der Waals surface area contributed by atoms with Crippen LogP contribution in [0.4, 0.5) is 26.3 Å². The van der Waals surface area contributed by atoms with Gasteiger partial charge >= 0.3 is 32.6 Å². The van der Waals surface area contributed by atoms with Crippen molar-refractivity contribution in [2.24, 2.45) is 16.2 Å². The van der Waals surface area contributed by atoms with Gasteiger partial charge in [-0.05, 0) is 84.9 Å². The van der Waals surface area contributed by atoms with Crippen LogP contribution in [0.25, 0.3) is 0 Å². The van der Waals surface area contributed by atoms with Crippen molar-refractivity contribution in [3.8, 4) is 17.2 Å². The molecule has 4 rings (SSSR count). The molecule has 0 aromatic heterocycles. The van der Waals surface area contributed by atoms with Crippen LogP contribution in [0.3, 0.4) is 0 Å². The monoisotopic (exact) mass is 806 g/mol. The van der Waals surface area contributed by atoms with E-state index in [1.165, 1.54) is 62.8 Å². The molecule has 54 heavy (non-hydrogen) atoms. The molecule has 1 aliphatic rings. The van der Waals surface area contributed by atoms with Crippen LogP contribution in [0.1, 0.15) is 30.9 Å². The van der Waals surface area contributed by atoms with Crippen molar-refractivity contribution in [1.82, 2.24) is 0 Å². The third-order valence-electron chi connectivity index (χ3n) is 7.40.